The summed E-state index contributed by atoms with van der Waals surface area (Å²) in [5, 5.41) is 22.2. The number of carboxylic acids is 1. The number of hydrogen-bond acceptors (Lipinski definition) is 4. The van der Waals surface area contributed by atoms with Crippen molar-refractivity contribution in [3.63, 3.8) is 0 Å². The van der Waals surface area contributed by atoms with E-state index in [4.69, 9.17) is 14.9 Å². The summed E-state index contributed by atoms with van der Waals surface area (Å²) in [4.78, 5) is 21.5. The van der Waals surface area contributed by atoms with Crippen LogP contribution in [0.3, 0.4) is 0 Å². The molecule has 0 aromatic carbocycles. The van der Waals surface area contributed by atoms with Crippen molar-refractivity contribution in [1.82, 2.24) is 10.6 Å². The Kier molecular flexibility index (Phi) is 7.20. The molecule has 0 bridgehead atoms. The van der Waals surface area contributed by atoms with E-state index in [1.165, 1.54) is 19.3 Å². The van der Waals surface area contributed by atoms with Crippen LogP contribution in [0.4, 0.5) is 4.79 Å². The molecule has 0 aromatic heterocycles. The van der Waals surface area contributed by atoms with Crippen molar-refractivity contribution >= 4 is 12.0 Å². The van der Waals surface area contributed by atoms with Crippen LogP contribution >= 0.6 is 0 Å². The van der Waals surface area contributed by atoms with Gasteiger partial charge in [0.05, 0.1) is 19.3 Å². The van der Waals surface area contributed by atoms with Gasteiger partial charge >= 0.3 is 12.0 Å². The van der Waals surface area contributed by atoms with Crippen molar-refractivity contribution < 1.29 is 24.5 Å². The van der Waals surface area contributed by atoms with E-state index in [9.17, 15) is 9.59 Å². The Hall–Kier alpha value is -1.34. The lowest BCUT2D eigenvalue weighted by molar-refractivity contribution is -0.146. The van der Waals surface area contributed by atoms with Crippen LogP contribution < -0.4 is 10.6 Å². The van der Waals surface area contributed by atoms with Gasteiger partial charge in [0, 0.05) is 6.54 Å². The number of carboxylic acid groups (broad SMARTS) is 1. The lowest BCUT2D eigenvalue weighted by Crippen LogP contribution is -2.43. The fraction of sp³-hybridized carbons (Fsp3) is 0.833. The van der Waals surface area contributed by atoms with Crippen LogP contribution in [0.25, 0.3) is 0 Å². The third-order valence-corrected chi connectivity index (χ3v) is 3.03. The van der Waals surface area contributed by atoms with E-state index in [1.807, 2.05) is 0 Å². The zero-order chi connectivity index (χ0) is 14.1. The molecule has 19 heavy (non-hydrogen) atoms. The normalized spacial score (nSPS) is 17.7. The molecular weight excluding hydrogens is 252 g/mol. The molecule has 1 rings (SSSR count). The minimum atomic E-state index is -1.58. The molecule has 0 saturated heterocycles. The molecule has 2 amide bonds. The highest BCUT2D eigenvalue weighted by Crippen LogP contribution is 2.19. The number of hydrogen-bond donors (Lipinski definition) is 4. The summed E-state index contributed by atoms with van der Waals surface area (Å²) in [5.41, 5.74) is 0. The minimum absolute atomic E-state index is 0.299. The zero-order valence-electron chi connectivity index (χ0n) is 10.9. The smallest absolute Gasteiger partial charge is 0.334 e. The number of aliphatic carboxylic acids is 1. The molecule has 0 aliphatic heterocycles. The summed E-state index contributed by atoms with van der Waals surface area (Å²) in [6.45, 7) is 0.496. The summed E-state index contributed by atoms with van der Waals surface area (Å²) < 4.78 is 5.61. The maximum absolute atomic E-state index is 11.2. The molecule has 0 heterocycles. The van der Waals surface area contributed by atoms with Crippen molar-refractivity contribution in [3.8, 4) is 0 Å². The number of carbonyl (C=O) groups is 2. The van der Waals surface area contributed by atoms with Crippen LogP contribution in [0, 0.1) is 0 Å². The number of urea groups is 1. The van der Waals surface area contributed by atoms with Crippen molar-refractivity contribution in [3.05, 3.63) is 0 Å². The molecule has 1 saturated carbocycles. The van der Waals surface area contributed by atoms with E-state index in [0.29, 0.717) is 19.3 Å². The van der Waals surface area contributed by atoms with Crippen molar-refractivity contribution in [1.29, 1.82) is 0 Å². The first-order valence-corrected chi connectivity index (χ1v) is 6.63. The van der Waals surface area contributed by atoms with Gasteiger partial charge in [0.2, 0.25) is 0 Å². The summed E-state index contributed by atoms with van der Waals surface area (Å²) in [5.74, 6) is -1.36. The number of aliphatic hydroxyl groups excluding tert-OH is 1. The van der Waals surface area contributed by atoms with Crippen LogP contribution in [0.5, 0.6) is 0 Å². The molecule has 7 heteroatoms. The molecule has 1 atom stereocenters. The Bertz CT molecular complexity index is 292. The van der Waals surface area contributed by atoms with Crippen molar-refractivity contribution in [2.75, 3.05) is 19.7 Å². The lowest BCUT2D eigenvalue weighted by atomic mass is 9.98. The Morgan fingerprint density at radius 3 is 2.53 bits per heavy atom. The van der Waals surface area contributed by atoms with Crippen LogP contribution in [0.15, 0.2) is 0 Å². The second kappa shape index (κ2) is 8.71. The number of nitrogens with one attached hydrogen (secondary N) is 2. The Labute approximate surface area is 112 Å². The predicted octanol–water partition coefficient (Wildman–Crippen LogP) is 0.0804. The molecule has 4 N–H and O–H groups in total. The number of aliphatic hydroxyl groups is 1. The van der Waals surface area contributed by atoms with Gasteiger partial charge in [-0.2, -0.15) is 0 Å². The molecule has 1 fully saturated rings. The molecule has 0 unspecified atom stereocenters. The highest BCUT2D eigenvalue weighted by molar-refractivity contribution is 5.76. The molecule has 1 aliphatic carbocycles. The van der Waals surface area contributed by atoms with E-state index in [2.05, 4.69) is 10.6 Å². The Balaban J connectivity index is 1.99. The van der Waals surface area contributed by atoms with Crippen LogP contribution in [-0.2, 0) is 9.53 Å². The molecule has 1 aliphatic rings. The quantitative estimate of drug-likeness (QED) is 0.492. The van der Waals surface area contributed by atoms with Gasteiger partial charge in [0.25, 0.3) is 0 Å². The van der Waals surface area contributed by atoms with Crippen molar-refractivity contribution in [2.24, 2.45) is 0 Å². The van der Waals surface area contributed by atoms with Gasteiger partial charge in [-0.05, 0) is 12.8 Å². The summed E-state index contributed by atoms with van der Waals surface area (Å²) >= 11 is 0. The standard InChI is InChI=1S/C12H22N2O5/c15-10(11(16)17)8-14-12(18)13-6-7-19-9-4-2-1-3-5-9/h9-10,15H,1-8H2,(H,16,17)(H2,13,14,18)/t10-/m0/s1. The third-order valence-electron chi connectivity index (χ3n) is 3.03. The third kappa shape index (κ3) is 6.97. The van der Waals surface area contributed by atoms with Gasteiger partial charge in [-0.25, -0.2) is 9.59 Å². The fourth-order valence-corrected chi connectivity index (χ4v) is 1.96. The predicted molar refractivity (Wildman–Crippen MR) is 67.9 cm³/mol. The number of ether oxygens (including phenoxy) is 1. The zero-order valence-corrected chi connectivity index (χ0v) is 10.9. The molecule has 110 valence electrons. The van der Waals surface area contributed by atoms with Crippen molar-refractivity contribution in [2.45, 2.75) is 44.3 Å². The number of amides is 2. The van der Waals surface area contributed by atoms with Gasteiger partial charge in [0.15, 0.2) is 6.10 Å². The van der Waals surface area contributed by atoms with E-state index >= 15 is 0 Å². The highest BCUT2D eigenvalue weighted by Gasteiger charge is 2.15. The van der Waals surface area contributed by atoms with E-state index < -0.39 is 18.1 Å². The monoisotopic (exact) mass is 274 g/mol. The van der Waals surface area contributed by atoms with Crippen LogP contribution in [-0.4, -0.2) is 54.1 Å². The van der Waals surface area contributed by atoms with E-state index in [1.54, 1.807) is 0 Å². The molecule has 0 spiro atoms. The Morgan fingerprint density at radius 2 is 1.89 bits per heavy atom. The van der Waals surface area contributed by atoms with Gasteiger partial charge in [-0.1, -0.05) is 19.3 Å². The largest absolute Gasteiger partial charge is 0.479 e. The van der Waals surface area contributed by atoms with Gasteiger partial charge in [0.1, 0.15) is 0 Å². The maximum Gasteiger partial charge on any atom is 0.334 e. The first-order valence-electron chi connectivity index (χ1n) is 6.63. The van der Waals surface area contributed by atoms with Gasteiger partial charge < -0.3 is 25.6 Å². The maximum atomic E-state index is 11.2. The first-order chi connectivity index (χ1) is 9.09. The molecule has 7 nitrogen and oxygen atoms in total. The second-order valence-corrected chi connectivity index (χ2v) is 4.62. The second-order valence-electron chi connectivity index (χ2n) is 4.62. The van der Waals surface area contributed by atoms with Crippen LogP contribution in [0.1, 0.15) is 32.1 Å². The highest BCUT2D eigenvalue weighted by atomic mass is 16.5. The Morgan fingerprint density at radius 1 is 1.21 bits per heavy atom. The topological polar surface area (TPSA) is 108 Å². The number of rotatable bonds is 7. The average molecular weight is 274 g/mol. The minimum Gasteiger partial charge on any atom is -0.479 e. The summed E-state index contributed by atoms with van der Waals surface area (Å²) in [6, 6.07) is -0.507. The summed E-state index contributed by atoms with van der Waals surface area (Å²) in [6.07, 6.45) is 4.55. The number of carbonyl (C=O) groups excluding carboxylic acids is 1. The summed E-state index contributed by atoms with van der Waals surface area (Å²) in [7, 11) is 0. The SMILES string of the molecule is O=C(NCCOC1CCCCC1)NC[C@H](O)C(=O)O. The lowest BCUT2D eigenvalue weighted by Gasteiger charge is -2.22. The first kappa shape index (κ1) is 15.7. The fourth-order valence-electron chi connectivity index (χ4n) is 1.96. The van der Waals surface area contributed by atoms with E-state index in [0.717, 1.165) is 12.8 Å². The average Bonchev–Trinajstić information content (AvgIpc) is 2.42. The van der Waals surface area contributed by atoms with Gasteiger partial charge in [-0.15, -0.1) is 0 Å². The molecule has 0 radical (unpaired) electrons. The van der Waals surface area contributed by atoms with Crippen LogP contribution in [0.2, 0.25) is 0 Å². The molecule has 0 aromatic rings. The van der Waals surface area contributed by atoms with E-state index in [-0.39, 0.29) is 6.54 Å². The van der Waals surface area contributed by atoms with Gasteiger partial charge in [-0.3, -0.25) is 0 Å². The molecular formula is C12H22N2O5.